The number of hydrogen-bond acceptors (Lipinski definition) is 4. The van der Waals surface area contributed by atoms with E-state index in [2.05, 4.69) is 21.3 Å². The lowest BCUT2D eigenvalue weighted by Gasteiger charge is -2.48. The van der Waals surface area contributed by atoms with E-state index in [9.17, 15) is 9.59 Å². The second-order valence-electron chi connectivity index (χ2n) is 6.61. The van der Waals surface area contributed by atoms with Gasteiger partial charge in [-0.2, -0.15) is 0 Å². The van der Waals surface area contributed by atoms with Crippen LogP contribution in [0.25, 0.3) is 0 Å². The lowest BCUT2D eigenvalue weighted by molar-refractivity contribution is -0.126. The largest absolute Gasteiger partial charge is 0.316 e. The Kier molecular flexibility index (Phi) is 2.50. The molecule has 2 amide bonds. The molecule has 4 aliphatic rings. The second kappa shape index (κ2) is 4.05. The van der Waals surface area contributed by atoms with Crippen LogP contribution in [0.3, 0.4) is 0 Å². The highest BCUT2D eigenvalue weighted by atomic mass is 16.2. The van der Waals surface area contributed by atoms with Crippen molar-refractivity contribution in [2.24, 2.45) is 10.8 Å². The van der Waals surface area contributed by atoms with Gasteiger partial charge in [0.1, 0.15) is 5.82 Å². The number of amides is 2. The summed E-state index contributed by atoms with van der Waals surface area (Å²) in [6, 6.07) is 0. The second-order valence-corrected chi connectivity index (χ2v) is 6.61. The fourth-order valence-corrected chi connectivity index (χ4v) is 4.62. The van der Waals surface area contributed by atoms with E-state index in [1.165, 1.54) is 5.57 Å². The summed E-state index contributed by atoms with van der Waals surface area (Å²) in [5.74, 6) is 0.733. The molecule has 0 aromatic rings. The van der Waals surface area contributed by atoms with Crippen LogP contribution in [0, 0.1) is 10.8 Å². The van der Waals surface area contributed by atoms with Gasteiger partial charge >= 0.3 is 0 Å². The minimum Gasteiger partial charge on any atom is -0.316 e. The molecule has 0 aliphatic carbocycles. The number of carbonyl (C=O) groups is 2. The van der Waals surface area contributed by atoms with Crippen molar-refractivity contribution >= 4 is 11.8 Å². The summed E-state index contributed by atoms with van der Waals surface area (Å²) in [6.07, 6.45) is 3.04. The maximum Gasteiger partial charge on any atom is 0.226 e. The van der Waals surface area contributed by atoms with E-state index >= 15 is 0 Å². The first kappa shape index (κ1) is 12.3. The third kappa shape index (κ3) is 1.58. The highest BCUT2D eigenvalue weighted by Crippen LogP contribution is 2.54. The van der Waals surface area contributed by atoms with Gasteiger partial charge in [-0.05, 0) is 31.5 Å². The Balaban J connectivity index is 1.88. The Labute approximate surface area is 117 Å². The molecule has 2 atom stereocenters. The lowest BCUT2D eigenvalue weighted by atomic mass is 9.60. The summed E-state index contributed by atoms with van der Waals surface area (Å²) in [5.41, 5.74) is 1.09. The van der Waals surface area contributed by atoms with Crippen molar-refractivity contribution in [1.29, 1.82) is 0 Å². The Morgan fingerprint density at radius 2 is 1.30 bits per heavy atom. The first-order valence-electron chi connectivity index (χ1n) is 7.40. The summed E-state index contributed by atoms with van der Waals surface area (Å²) < 4.78 is 0. The molecule has 4 heterocycles. The van der Waals surface area contributed by atoms with E-state index in [-0.39, 0.29) is 22.6 Å². The van der Waals surface area contributed by atoms with Crippen LogP contribution < -0.4 is 21.3 Å². The van der Waals surface area contributed by atoms with E-state index < -0.39 is 0 Å². The number of nitrogens with one attached hydrogen (secondary N) is 4. The monoisotopic (exact) mass is 276 g/mol. The van der Waals surface area contributed by atoms with Crippen molar-refractivity contribution in [3.63, 3.8) is 0 Å². The van der Waals surface area contributed by atoms with Crippen LogP contribution in [0.4, 0.5) is 0 Å². The van der Waals surface area contributed by atoms with Gasteiger partial charge in [-0.1, -0.05) is 0 Å². The third-order valence-corrected chi connectivity index (χ3v) is 5.32. The molecule has 0 aromatic heterocycles. The van der Waals surface area contributed by atoms with Gasteiger partial charge in [0, 0.05) is 36.8 Å². The van der Waals surface area contributed by atoms with Gasteiger partial charge in [-0.25, -0.2) is 0 Å². The van der Waals surface area contributed by atoms with Crippen molar-refractivity contribution in [1.82, 2.24) is 21.3 Å². The molecule has 2 fully saturated rings. The fourth-order valence-electron chi connectivity index (χ4n) is 4.62. The first-order chi connectivity index (χ1) is 9.64. The topological polar surface area (TPSA) is 82.3 Å². The molecule has 0 radical (unpaired) electrons. The highest BCUT2D eigenvalue weighted by Gasteiger charge is 2.55. The third-order valence-electron chi connectivity index (χ3n) is 5.32. The average molecular weight is 276 g/mol. The molecule has 0 bridgehead atoms. The quantitative estimate of drug-likeness (QED) is 0.467. The summed E-state index contributed by atoms with van der Waals surface area (Å²) in [7, 11) is 0. The zero-order valence-corrected chi connectivity index (χ0v) is 11.5. The van der Waals surface area contributed by atoms with Crippen LogP contribution >= 0.6 is 0 Å². The predicted octanol–water partition coefficient (Wildman–Crippen LogP) is -0.803. The summed E-state index contributed by atoms with van der Waals surface area (Å²) in [6.45, 7) is 3.58. The summed E-state index contributed by atoms with van der Waals surface area (Å²) in [4.78, 5) is 24.1. The van der Waals surface area contributed by atoms with E-state index in [1.807, 2.05) is 0 Å². The molecule has 0 saturated carbocycles. The lowest BCUT2D eigenvalue weighted by Crippen LogP contribution is -2.55. The van der Waals surface area contributed by atoms with Gasteiger partial charge in [0.15, 0.2) is 0 Å². The zero-order valence-electron chi connectivity index (χ0n) is 11.5. The molecule has 4 rings (SSSR count). The van der Waals surface area contributed by atoms with Gasteiger partial charge in [0.05, 0.1) is 0 Å². The van der Waals surface area contributed by atoms with Crippen molar-refractivity contribution in [2.45, 2.75) is 25.7 Å². The summed E-state index contributed by atoms with van der Waals surface area (Å²) >= 11 is 0. The van der Waals surface area contributed by atoms with E-state index in [0.29, 0.717) is 18.7 Å². The standard InChI is InChI=1S/C14H20N4O2/c19-9-5-13(1-3-15-7-13)11-12(17-9)18-10(20)6-14(11)2-4-16-8-14/h15-16H,1-8H2,(H,17,19)(H,18,20). The van der Waals surface area contributed by atoms with Crippen molar-refractivity contribution in [3.05, 3.63) is 11.4 Å². The van der Waals surface area contributed by atoms with Crippen molar-refractivity contribution in [3.8, 4) is 0 Å². The molecule has 6 heteroatoms. The SMILES string of the molecule is O=C1CC2(CCNC2)C2=C(N1)NC(=O)CC21CCNC1. The van der Waals surface area contributed by atoms with Gasteiger partial charge < -0.3 is 21.3 Å². The van der Waals surface area contributed by atoms with E-state index in [0.717, 1.165) is 39.0 Å². The number of carbonyl (C=O) groups excluding carboxylic acids is 2. The van der Waals surface area contributed by atoms with E-state index in [4.69, 9.17) is 0 Å². The Hall–Kier alpha value is -1.40. The molecule has 0 aromatic carbocycles. The van der Waals surface area contributed by atoms with Crippen LogP contribution in [0.15, 0.2) is 11.4 Å². The molecule has 2 unspecified atom stereocenters. The Bertz CT molecular complexity index is 469. The molecule has 2 saturated heterocycles. The molecule has 4 aliphatic heterocycles. The van der Waals surface area contributed by atoms with Gasteiger partial charge in [0.25, 0.3) is 0 Å². The van der Waals surface area contributed by atoms with Gasteiger partial charge in [-0.3, -0.25) is 9.59 Å². The molecule has 6 nitrogen and oxygen atoms in total. The number of hydrogen-bond donors (Lipinski definition) is 4. The smallest absolute Gasteiger partial charge is 0.226 e. The van der Waals surface area contributed by atoms with Crippen LogP contribution in [-0.2, 0) is 9.59 Å². The Morgan fingerprint density at radius 3 is 1.70 bits per heavy atom. The molecule has 4 N–H and O–H groups in total. The van der Waals surface area contributed by atoms with Crippen LogP contribution in [0.5, 0.6) is 0 Å². The van der Waals surface area contributed by atoms with E-state index in [1.54, 1.807) is 0 Å². The Morgan fingerprint density at radius 1 is 0.800 bits per heavy atom. The molecular formula is C14H20N4O2. The maximum absolute atomic E-state index is 12.0. The number of rotatable bonds is 0. The average Bonchev–Trinajstić information content (AvgIpc) is 2.99. The van der Waals surface area contributed by atoms with Crippen molar-refractivity contribution in [2.75, 3.05) is 26.2 Å². The van der Waals surface area contributed by atoms with Gasteiger partial charge in [-0.15, -0.1) is 0 Å². The van der Waals surface area contributed by atoms with Gasteiger partial charge in [0.2, 0.25) is 11.8 Å². The highest BCUT2D eigenvalue weighted by molar-refractivity contribution is 5.87. The predicted molar refractivity (Wildman–Crippen MR) is 72.4 cm³/mol. The maximum atomic E-state index is 12.0. The molecule has 108 valence electrons. The zero-order chi connectivity index (χ0) is 13.8. The molecule has 2 spiro atoms. The van der Waals surface area contributed by atoms with Crippen LogP contribution in [0.1, 0.15) is 25.7 Å². The minimum absolute atomic E-state index is 0.0238. The van der Waals surface area contributed by atoms with Crippen LogP contribution in [0.2, 0.25) is 0 Å². The van der Waals surface area contributed by atoms with Crippen molar-refractivity contribution < 1.29 is 9.59 Å². The molecular weight excluding hydrogens is 256 g/mol. The minimum atomic E-state index is -0.0998. The van der Waals surface area contributed by atoms with Crippen LogP contribution in [-0.4, -0.2) is 38.0 Å². The number of fused-ring (bicyclic) bond motifs is 2. The summed E-state index contributed by atoms with van der Waals surface area (Å²) in [5, 5.41) is 12.6. The fraction of sp³-hybridized carbons (Fsp3) is 0.714. The molecule has 20 heavy (non-hydrogen) atoms. The normalized spacial score (nSPS) is 40.2. The first-order valence-corrected chi connectivity index (χ1v) is 7.40.